The Morgan fingerprint density at radius 2 is 1.85 bits per heavy atom. The second kappa shape index (κ2) is 9.01. The standard InChI is InChI=1S/C24H28N4O5/c1-15-10-18(12-23(29)26(15)2)33-17-8-9-28(14-17)24(30)21-13-20(25-27(21)3)19-11-16(31-4)6-7-22(19)32-5/h6-7,10-13,17H,8-9,14H2,1-5H3. The number of ether oxygens (including phenoxy) is 3. The quantitative estimate of drug-likeness (QED) is 0.571. The lowest BCUT2D eigenvalue weighted by atomic mass is 10.1. The van der Waals surface area contributed by atoms with Crippen LogP contribution in [0.4, 0.5) is 0 Å². The first-order valence-corrected chi connectivity index (χ1v) is 10.7. The lowest BCUT2D eigenvalue weighted by Crippen LogP contribution is -2.32. The van der Waals surface area contributed by atoms with Crippen molar-refractivity contribution in [3.8, 4) is 28.5 Å². The molecule has 9 heteroatoms. The van der Waals surface area contributed by atoms with Gasteiger partial charge in [0.1, 0.15) is 29.0 Å². The second-order valence-corrected chi connectivity index (χ2v) is 8.11. The van der Waals surface area contributed by atoms with Crippen LogP contribution in [-0.2, 0) is 14.1 Å². The van der Waals surface area contributed by atoms with E-state index in [1.54, 1.807) is 48.5 Å². The molecule has 0 saturated carbocycles. The number of pyridine rings is 1. The van der Waals surface area contributed by atoms with Crippen molar-refractivity contribution in [3.05, 3.63) is 58.1 Å². The maximum atomic E-state index is 13.2. The van der Waals surface area contributed by atoms with Gasteiger partial charge in [0, 0.05) is 44.4 Å². The van der Waals surface area contributed by atoms with E-state index in [0.717, 1.165) is 11.3 Å². The molecule has 4 rings (SSSR count). The van der Waals surface area contributed by atoms with Gasteiger partial charge in [0.2, 0.25) is 0 Å². The van der Waals surface area contributed by atoms with Crippen LogP contribution in [0, 0.1) is 6.92 Å². The molecule has 2 aromatic heterocycles. The van der Waals surface area contributed by atoms with Crippen molar-refractivity contribution in [2.75, 3.05) is 27.3 Å². The number of rotatable bonds is 6. The number of carbonyl (C=O) groups excluding carboxylic acids is 1. The Labute approximate surface area is 192 Å². The minimum atomic E-state index is -0.174. The highest BCUT2D eigenvalue weighted by molar-refractivity contribution is 5.94. The maximum Gasteiger partial charge on any atom is 0.272 e. The summed E-state index contributed by atoms with van der Waals surface area (Å²) in [4.78, 5) is 27.0. The molecule has 3 aromatic rings. The van der Waals surface area contributed by atoms with Crippen molar-refractivity contribution >= 4 is 5.91 Å². The normalized spacial score (nSPS) is 15.5. The van der Waals surface area contributed by atoms with E-state index in [2.05, 4.69) is 5.10 Å². The van der Waals surface area contributed by atoms with E-state index >= 15 is 0 Å². The summed E-state index contributed by atoms with van der Waals surface area (Å²) < 4.78 is 19.9. The fourth-order valence-corrected chi connectivity index (χ4v) is 3.98. The number of likely N-dealkylation sites (tertiary alicyclic amines) is 1. The van der Waals surface area contributed by atoms with Crippen LogP contribution >= 0.6 is 0 Å². The summed E-state index contributed by atoms with van der Waals surface area (Å²) in [5, 5.41) is 4.54. The van der Waals surface area contributed by atoms with Crippen LogP contribution in [0.15, 0.2) is 41.2 Å². The molecule has 1 amide bonds. The Hall–Kier alpha value is -3.75. The number of nitrogens with zero attached hydrogens (tertiary/aromatic N) is 4. The molecule has 0 bridgehead atoms. The summed E-state index contributed by atoms with van der Waals surface area (Å²) in [6.07, 6.45) is 0.514. The van der Waals surface area contributed by atoms with Gasteiger partial charge in [-0.25, -0.2) is 0 Å². The molecule has 1 fully saturated rings. The Kier molecular flexibility index (Phi) is 6.13. The smallest absolute Gasteiger partial charge is 0.272 e. The zero-order chi connectivity index (χ0) is 23.7. The van der Waals surface area contributed by atoms with Crippen LogP contribution in [0.1, 0.15) is 22.6 Å². The molecular weight excluding hydrogens is 424 g/mol. The molecule has 1 aliphatic rings. The van der Waals surface area contributed by atoms with Crippen molar-refractivity contribution < 1.29 is 19.0 Å². The molecule has 1 unspecified atom stereocenters. The number of methoxy groups -OCH3 is 2. The lowest BCUT2D eigenvalue weighted by molar-refractivity contribution is 0.0761. The topological polar surface area (TPSA) is 87.8 Å². The predicted molar refractivity (Wildman–Crippen MR) is 123 cm³/mol. The fraction of sp³-hybridized carbons (Fsp3) is 0.375. The van der Waals surface area contributed by atoms with E-state index in [9.17, 15) is 9.59 Å². The molecule has 3 heterocycles. The van der Waals surface area contributed by atoms with Crippen molar-refractivity contribution in [1.82, 2.24) is 19.2 Å². The van der Waals surface area contributed by atoms with Gasteiger partial charge in [0.05, 0.1) is 26.5 Å². The first-order chi connectivity index (χ1) is 15.8. The van der Waals surface area contributed by atoms with Crippen LogP contribution in [0.5, 0.6) is 17.2 Å². The van der Waals surface area contributed by atoms with E-state index in [-0.39, 0.29) is 17.6 Å². The zero-order valence-corrected chi connectivity index (χ0v) is 19.5. The number of amides is 1. The Morgan fingerprint density at radius 3 is 2.55 bits per heavy atom. The molecule has 1 aliphatic heterocycles. The van der Waals surface area contributed by atoms with Gasteiger partial charge in [-0.15, -0.1) is 0 Å². The van der Waals surface area contributed by atoms with Crippen molar-refractivity contribution in [3.63, 3.8) is 0 Å². The molecule has 0 aliphatic carbocycles. The molecule has 9 nitrogen and oxygen atoms in total. The van der Waals surface area contributed by atoms with E-state index in [0.29, 0.717) is 48.1 Å². The van der Waals surface area contributed by atoms with Crippen LogP contribution in [-0.4, -0.2) is 58.6 Å². The predicted octanol–water partition coefficient (Wildman–Crippen LogP) is 2.40. The van der Waals surface area contributed by atoms with Crippen molar-refractivity contribution in [2.24, 2.45) is 14.1 Å². The van der Waals surface area contributed by atoms with Crippen LogP contribution < -0.4 is 19.8 Å². The zero-order valence-electron chi connectivity index (χ0n) is 19.5. The number of aryl methyl sites for hydroxylation is 2. The van der Waals surface area contributed by atoms with Gasteiger partial charge < -0.3 is 23.7 Å². The van der Waals surface area contributed by atoms with Crippen molar-refractivity contribution in [1.29, 1.82) is 0 Å². The van der Waals surface area contributed by atoms with Crippen LogP contribution in [0.25, 0.3) is 11.3 Å². The van der Waals surface area contributed by atoms with Gasteiger partial charge in [-0.05, 0) is 37.3 Å². The molecule has 1 atom stereocenters. The number of hydrogen-bond acceptors (Lipinski definition) is 6. The number of hydrogen-bond donors (Lipinski definition) is 0. The van der Waals surface area contributed by atoms with E-state index < -0.39 is 0 Å². The van der Waals surface area contributed by atoms with E-state index in [1.165, 1.54) is 6.07 Å². The monoisotopic (exact) mass is 452 g/mol. The van der Waals surface area contributed by atoms with Gasteiger partial charge in [0.15, 0.2) is 0 Å². The first kappa shape index (κ1) is 22.4. The van der Waals surface area contributed by atoms with Gasteiger partial charge >= 0.3 is 0 Å². The van der Waals surface area contributed by atoms with Crippen LogP contribution in [0.3, 0.4) is 0 Å². The van der Waals surface area contributed by atoms with Gasteiger partial charge in [0.25, 0.3) is 11.5 Å². The molecule has 0 spiro atoms. The van der Waals surface area contributed by atoms with E-state index in [4.69, 9.17) is 14.2 Å². The average molecular weight is 453 g/mol. The third kappa shape index (κ3) is 4.44. The first-order valence-electron chi connectivity index (χ1n) is 10.7. The number of aromatic nitrogens is 3. The van der Waals surface area contributed by atoms with Gasteiger partial charge in [-0.3, -0.25) is 14.3 Å². The summed E-state index contributed by atoms with van der Waals surface area (Å²) in [5.41, 5.74) is 2.54. The minimum absolute atomic E-state index is 0.119. The fourth-order valence-electron chi connectivity index (χ4n) is 3.98. The molecule has 0 N–H and O–H groups in total. The van der Waals surface area contributed by atoms with Crippen molar-refractivity contribution in [2.45, 2.75) is 19.4 Å². The Bertz CT molecular complexity index is 1250. The lowest BCUT2D eigenvalue weighted by Gasteiger charge is -2.17. The molecule has 0 radical (unpaired) electrons. The maximum absolute atomic E-state index is 13.2. The molecular formula is C24H28N4O5. The highest BCUT2D eigenvalue weighted by Gasteiger charge is 2.30. The Morgan fingerprint density at radius 1 is 1.06 bits per heavy atom. The minimum Gasteiger partial charge on any atom is -0.497 e. The second-order valence-electron chi connectivity index (χ2n) is 8.11. The number of carbonyl (C=O) groups is 1. The third-order valence-electron chi connectivity index (χ3n) is 5.99. The Balaban J connectivity index is 1.51. The van der Waals surface area contributed by atoms with Gasteiger partial charge in [-0.1, -0.05) is 0 Å². The molecule has 174 valence electrons. The van der Waals surface area contributed by atoms with E-state index in [1.807, 2.05) is 31.2 Å². The molecule has 1 saturated heterocycles. The van der Waals surface area contributed by atoms with Gasteiger partial charge in [-0.2, -0.15) is 5.10 Å². The number of benzene rings is 1. The molecule has 1 aromatic carbocycles. The third-order valence-corrected chi connectivity index (χ3v) is 5.99. The summed E-state index contributed by atoms with van der Waals surface area (Å²) in [7, 11) is 6.66. The highest BCUT2D eigenvalue weighted by atomic mass is 16.5. The highest BCUT2D eigenvalue weighted by Crippen LogP contribution is 2.33. The summed E-state index contributed by atoms with van der Waals surface area (Å²) in [5.74, 6) is 1.73. The summed E-state index contributed by atoms with van der Waals surface area (Å²) in [6.45, 7) is 2.86. The average Bonchev–Trinajstić information content (AvgIpc) is 3.43. The largest absolute Gasteiger partial charge is 0.497 e. The van der Waals surface area contributed by atoms with Crippen LogP contribution in [0.2, 0.25) is 0 Å². The summed E-state index contributed by atoms with van der Waals surface area (Å²) in [6, 6.07) is 10.5. The SMILES string of the molecule is COc1ccc(OC)c(-c2cc(C(=O)N3CCC(Oc4cc(C)n(C)c(=O)c4)C3)n(C)n2)c1. The summed E-state index contributed by atoms with van der Waals surface area (Å²) >= 11 is 0. The molecule has 33 heavy (non-hydrogen) atoms.